The largest absolute Gasteiger partial charge is 0.407 e. The van der Waals surface area contributed by atoms with E-state index in [-0.39, 0.29) is 11.6 Å². The Hall–Kier alpha value is -2.88. The van der Waals surface area contributed by atoms with E-state index in [1.807, 2.05) is 13.8 Å². The van der Waals surface area contributed by atoms with Gasteiger partial charge in [-0.25, -0.2) is 9.52 Å². The Bertz CT molecular complexity index is 875. The van der Waals surface area contributed by atoms with Gasteiger partial charge >= 0.3 is 6.18 Å². The lowest BCUT2D eigenvalue weighted by Gasteiger charge is -2.14. The molecule has 0 N–H and O–H groups in total. The van der Waals surface area contributed by atoms with Gasteiger partial charge in [-0.3, -0.25) is 4.79 Å². The van der Waals surface area contributed by atoms with E-state index >= 15 is 0 Å². The monoisotopic (exact) mass is 347 g/mol. The van der Waals surface area contributed by atoms with Crippen LogP contribution in [0.15, 0.2) is 46.3 Å². The molecule has 25 heavy (non-hydrogen) atoms. The van der Waals surface area contributed by atoms with Gasteiger partial charge in [-0.05, 0) is 18.4 Å². The van der Waals surface area contributed by atoms with Crippen LogP contribution >= 0.6 is 0 Å². The van der Waals surface area contributed by atoms with Crippen molar-refractivity contribution in [3.8, 4) is 11.3 Å². The van der Waals surface area contributed by atoms with Crippen LogP contribution in [0.2, 0.25) is 0 Å². The third kappa shape index (κ3) is 4.15. The molecule has 1 aromatic heterocycles. The summed E-state index contributed by atoms with van der Waals surface area (Å²) in [6, 6.07) is 8.99. The highest BCUT2D eigenvalue weighted by atomic mass is 19.4. The topological polar surface area (TPSA) is 38.7 Å². The smallest absolute Gasteiger partial charge is 0.281 e. The van der Waals surface area contributed by atoms with Gasteiger partial charge in [0.2, 0.25) is 0 Å². The summed E-state index contributed by atoms with van der Waals surface area (Å²) in [6.45, 7) is 10.9. The molecule has 0 atom stereocenters. The zero-order chi connectivity index (χ0) is 18.6. The first kappa shape index (κ1) is 18.5. The quantitative estimate of drug-likeness (QED) is 0.569. The van der Waals surface area contributed by atoms with Crippen LogP contribution in [-0.2, 0) is 6.18 Å². The standard InChI is InChI=1S/C18H16F3N3O/c1-12(2)9-10-23-24-15(13-7-5-4-6-8-13)11-14(18(19,20)21)16(22-3)17(24)25/h4-8,10-12H,9H2,1-2H3. The normalized spacial score (nSPS) is 11.9. The summed E-state index contributed by atoms with van der Waals surface area (Å²) < 4.78 is 40.7. The van der Waals surface area contributed by atoms with Crippen LogP contribution < -0.4 is 5.56 Å². The second-order valence-corrected chi connectivity index (χ2v) is 5.81. The molecule has 0 aliphatic carbocycles. The molecule has 0 saturated heterocycles. The second kappa shape index (κ2) is 7.34. The van der Waals surface area contributed by atoms with Crippen molar-refractivity contribution in [1.29, 1.82) is 0 Å². The molecule has 130 valence electrons. The summed E-state index contributed by atoms with van der Waals surface area (Å²) in [5.74, 6) is 0.273. The van der Waals surface area contributed by atoms with Gasteiger partial charge < -0.3 is 0 Å². The average Bonchev–Trinajstić information content (AvgIpc) is 2.55. The summed E-state index contributed by atoms with van der Waals surface area (Å²) in [6.07, 6.45) is -2.78. The Morgan fingerprint density at radius 2 is 1.92 bits per heavy atom. The van der Waals surface area contributed by atoms with Crippen molar-refractivity contribution in [3.63, 3.8) is 0 Å². The van der Waals surface area contributed by atoms with E-state index in [9.17, 15) is 18.0 Å². The Morgan fingerprint density at radius 1 is 1.28 bits per heavy atom. The first-order valence-corrected chi connectivity index (χ1v) is 7.58. The zero-order valence-electron chi connectivity index (χ0n) is 13.7. The van der Waals surface area contributed by atoms with Crippen molar-refractivity contribution < 1.29 is 13.2 Å². The maximum atomic E-state index is 13.3. The Morgan fingerprint density at radius 3 is 2.44 bits per heavy atom. The summed E-state index contributed by atoms with van der Waals surface area (Å²) >= 11 is 0. The first-order chi connectivity index (χ1) is 11.8. The maximum absolute atomic E-state index is 13.3. The van der Waals surface area contributed by atoms with Gasteiger partial charge in [0.1, 0.15) is 0 Å². The molecule has 0 radical (unpaired) electrons. The zero-order valence-corrected chi connectivity index (χ0v) is 13.7. The van der Waals surface area contributed by atoms with E-state index in [0.29, 0.717) is 12.0 Å². The number of alkyl halides is 3. The van der Waals surface area contributed by atoms with E-state index < -0.39 is 23.0 Å². The molecule has 0 amide bonds. The number of hydrogen-bond donors (Lipinski definition) is 0. The molecule has 0 bridgehead atoms. The van der Waals surface area contributed by atoms with Crippen LogP contribution in [0, 0.1) is 12.5 Å². The summed E-state index contributed by atoms with van der Waals surface area (Å²) in [5, 5.41) is 4.02. The minimum Gasteiger partial charge on any atom is -0.281 e. The van der Waals surface area contributed by atoms with E-state index in [1.54, 1.807) is 30.3 Å². The number of halogens is 3. The molecule has 0 aliphatic rings. The fourth-order valence-electron chi connectivity index (χ4n) is 2.18. The fraction of sp³-hybridized carbons (Fsp3) is 0.278. The summed E-state index contributed by atoms with van der Waals surface area (Å²) in [5.41, 5.74) is -2.91. The molecule has 0 spiro atoms. The molecule has 2 rings (SSSR count). The van der Waals surface area contributed by atoms with E-state index in [4.69, 9.17) is 6.57 Å². The van der Waals surface area contributed by atoms with Crippen LogP contribution in [0.4, 0.5) is 18.9 Å². The molecule has 0 aliphatic heterocycles. The van der Waals surface area contributed by atoms with Gasteiger partial charge in [0.25, 0.3) is 11.2 Å². The Balaban J connectivity index is 2.78. The lowest BCUT2D eigenvalue weighted by Crippen LogP contribution is -2.22. The van der Waals surface area contributed by atoms with Crippen LogP contribution in [-0.4, -0.2) is 10.9 Å². The third-order valence-corrected chi connectivity index (χ3v) is 3.42. The number of aromatic nitrogens is 1. The minimum absolute atomic E-state index is 0.00895. The molecular formula is C18H16F3N3O. The fourth-order valence-corrected chi connectivity index (χ4v) is 2.18. The molecule has 4 nitrogen and oxygen atoms in total. The van der Waals surface area contributed by atoms with Crippen LogP contribution in [0.5, 0.6) is 0 Å². The van der Waals surface area contributed by atoms with E-state index in [0.717, 1.165) is 10.7 Å². The predicted octanol–water partition coefficient (Wildman–Crippen LogP) is 4.96. The van der Waals surface area contributed by atoms with Crippen LogP contribution in [0.1, 0.15) is 25.8 Å². The van der Waals surface area contributed by atoms with Crippen LogP contribution in [0.3, 0.4) is 0 Å². The Labute approximate surface area is 143 Å². The van der Waals surface area contributed by atoms with Crippen molar-refractivity contribution in [2.45, 2.75) is 26.4 Å². The van der Waals surface area contributed by atoms with Gasteiger partial charge in [0.15, 0.2) is 0 Å². The number of rotatable bonds is 4. The molecule has 0 saturated carbocycles. The maximum Gasteiger partial charge on any atom is 0.407 e. The lowest BCUT2D eigenvalue weighted by atomic mass is 10.1. The van der Waals surface area contributed by atoms with Crippen molar-refractivity contribution in [3.05, 3.63) is 63.7 Å². The molecular weight excluding hydrogens is 331 g/mol. The number of hydrogen-bond acceptors (Lipinski definition) is 2. The van der Waals surface area contributed by atoms with Crippen molar-refractivity contribution >= 4 is 11.9 Å². The van der Waals surface area contributed by atoms with Crippen molar-refractivity contribution in [2.75, 3.05) is 0 Å². The van der Waals surface area contributed by atoms with Gasteiger partial charge in [0, 0.05) is 11.8 Å². The average molecular weight is 347 g/mol. The lowest BCUT2D eigenvalue weighted by molar-refractivity contribution is -0.136. The second-order valence-electron chi connectivity index (χ2n) is 5.81. The Kier molecular flexibility index (Phi) is 5.42. The van der Waals surface area contributed by atoms with Crippen molar-refractivity contribution in [1.82, 2.24) is 4.68 Å². The van der Waals surface area contributed by atoms with Crippen molar-refractivity contribution in [2.24, 2.45) is 11.0 Å². The molecule has 0 unspecified atom stereocenters. The highest BCUT2D eigenvalue weighted by molar-refractivity contribution is 5.67. The number of benzene rings is 1. The van der Waals surface area contributed by atoms with Crippen LogP contribution in [0.25, 0.3) is 16.1 Å². The molecule has 0 fully saturated rings. The van der Waals surface area contributed by atoms with E-state index in [2.05, 4.69) is 9.95 Å². The third-order valence-electron chi connectivity index (χ3n) is 3.42. The highest BCUT2D eigenvalue weighted by Gasteiger charge is 2.36. The molecule has 7 heteroatoms. The SMILES string of the molecule is [C-]#[N+]c1c(C(F)(F)F)cc(-c2ccccc2)n(N=CCC(C)C)c1=O. The van der Waals surface area contributed by atoms with Gasteiger partial charge in [-0.15, -0.1) is 0 Å². The molecule has 1 aromatic carbocycles. The van der Waals surface area contributed by atoms with E-state index in [1.165, 1.54) is 6.21 Å². The molecule has 2 aromatic rings. The van der Waals surface area contributed by atoms with Gasteiger partial charge in [-0.1, -0.05) is 44.2 Å². The minimum atomic E-state index is -4.80. The predicted molar refractivity (Wildman–Crippen MR) is 90.7 cm³/mol. The number of pyridine rings is 1. The summed E-state index contributed by atoms with van der Waals surface area (Å²) in [4.78, 5) is 15.3. The molecule has 1 heterocycles. The number of nitrogens with zero attached hydrogens (tertiary/aromatic N) is 3. The van der Waals surface area contributed by atoms with Gasteiger partial charge in [0.05, 0.1) is 17.8 Å². The summed E-state index contributed by atoms with van der Waals surface area (Å²) in [7, 11) is 0. The first-order valence-electron chi connectivity index (χ1n) is 7.58. The highest BCUT2D eigenvalue weighted by Crippen LogP contribution is 2.36. The van der Waals surface area contributed by atoms with Gasteiger partial charge in [-0.2, -0.15) is 18.3 Å².